The first-order valence-corrected chi connectivity index (χ1v) is 13.9. The molecule has 5 rings (SSSR count). The standard InChI is InChI=1S/C29H41N7O4/c1-28(2,3)19-10-8-18(9-11-19)14-21(37)31-12-7-13-35(6)15-20-23-24(40-29(4,5)39-23)27(38-20)36-17-34-22-25(30)32-16-33-26(22)36/h8-11,16-17,20,23-24,27H,7,12-15H2,1-6H3,(H,31,37)(H2,30,32,33)/t20-,23-,24-,27?/m1/s1. The van der Waals surface area contributed by atoms with Crippen molar-refractivity contribution in [2.24, 2.45) is 0 Å². The lowest BCUT2D eigenvalue weighted by Crippen LogP contribution is -2.39. The molecule has 3 N–H and O–H groups in total. The van der Waals surface area contributed by atoms with E-state index in [4.69, 9.17) is 19.9 Å². The van der Waals surface area contributed by atoms with E-state index in [2.05, 4.69) is 58.1 Å². The lowest BCUT2D eigenvalue weighted by molar-refractivity contribution is -0.197. The first kappa shape index (κ1) is 28.4. The van der Waals surface area contributed by atoms with Gasteiger partial charge in [-0.3, -0.25) is 9.36 Å². The number of nitrogen functional groups attached to an aromatic ring is 1. The van der Waals surface area contributed by atoms with Crippen molar-refractivity contribution in [1.29, 1.82) is 0 Å². The number of carbonyl (C=O) groups is 1. The van der Waals surface area contributed by atoms with E-state index in [9.17, 15) is 4.79 Å². The number of carbonyl (C=O) groups excluding carboxylic acids is 1. The fourth-order valence-electron chi connectivity index (χ4n) is 5.43. The fraction of sp³-hybridized carbons (Fsp3) is 0.586. The molecular weight excluding hydrogens is 510 g/mol. The molecule has 2 saturated heterocycles. The number of likely N-dealkylation sites (N-methyl/N-ethyl adjacent to an activating group) is 1. The zero-order chi connectivity index (χ0) is 28.7. The summed E-state index contributed by atoms with van der Waals surface area (Å²) >= 11 is 0. The van der Waals surface area contributed by atoms with Crippen molar-refractivity contribution in [3.8, 4) is 0 Å². The van der Waals surface area contributed by atoms with Gasteiger partial charge in [0.25, 0.3) is 0 Å². The number of amides is 1. The Hall–Kier alpha value is -3.12. The minimum Gasteiger partial charge on any atom is -0.382 e. The number of nitrogens with two attached hydrogens (primary N) is 1. The van der Waals surface area contributed by atoms with Gasteiger partial charge in [-0.15, -0.1) is 0 Å². The monoisotopic (exact) mass is 551 g/mol. The van der Waals surface area contributed by atoms with Gasteiger partial charge >= 0.3 is 0 Å². The van der Waals surface area contributed by atoms with Crippen LogP contribution in [0.2, 0.25) is 0 Å². The normalized spacial score (nSPS) is 24.1. The molecule has 4 atom stereocenters. The molecule has 0 spiro atoms. The predicted molar refractivity (Wildman–Crippen MR) is 151 cm³/mol. The van der Waals surface area contributed by atoms with E-state index in [0.717, 1.165) is 18.5 Å². The molecule has 1 unspecified atom stereocenters. The second-order valence-electron chi connectivity index (χ2n) is 12.3. The first-order chi connectivity index (χ1) is 18.9. The van der Waals surface area contributed by atoms with E-state index in [1.54, 1.807) is 6.33 Å². The van der Waals surface area contributed by atoms with Crippen LogP contribution in [0, 0.1) is 0 Å². The largest absolute Gasteiger partial charge is 0.382 e. The van der Waals surface area contributed by atoms with Crippen LogP contribution in [-0.4, -0.2) is 81.1 Å². The van der Waals surface area contributed by atoms with Crippen LogP contribution in [0.15, 0.2) is 36.9 Å². The summed E-state index contributed by atoms with van der Waals surface area (Å²) in [5.74, 6) is -0.369. The molecule has 2 aliphatic rings. The summed E-state index contributed by atoms with van der Waals surface area (Å²) < 4.78 is 20.9. The van der Waals surface area contributed by atoms with Crippen LogP contribution in [0.3, 0.4) is 0 Å². The Bertz CT molecular complexity index is 1330. The van der Waals surface area contributed by atoms with Gasteiger partial charge in [0.15, 0.2) is 23.5 Å². The van der Waals surface area contributed by atoms with Crippen molar-refractivity contribution in [2.45, 2.75) is 83.2 Å². The Kier molecular flexibility index (Phi) is 7.84. The molecule has 2 fully saturated rings. The number of hydrogen-bond donors (Lipinski definition) is 2. The Morgan fingerprint density at radius 2 is 1.85 bits per heavy atom. The lowest BCUT2D eigenvalue weighted by Gasteiger charge is -2.27. The van der Waals surface area contributed by atoms with E-state index < -0.39 is 12.0 Å². The molecule has 2 aliphatic heterocycles. The molecule has 2 aromatic heterocycles. The summed E-state index contributed by atoms with van der Waals surface area (Å²) in [6.07, 6.45) is 3.05. The number of benzene rings is 1. The molecule has 1 aromatic carbocycles. The van der Waals surface area contributed by atoms with Crippen LogP contribution in [0.5, 0.6) is 0 Å². The van der Waals surface area contributed by atoms with Gasteiger partial charge in [-0.1, -0.05) is 45.0 Å². The van der Waals surface area contributed by atoms with E-state index in [1.807, 2.05) is 37.6 Å². The average molecular weight is 552 g/mol. The van der Waals surface area contributed by atoms with Crippen LogP contribution in [-0.2, 0) is 30.8 Å². The molecular formula is C29H41N7O4. The van der Waals surface area contributed by atoms with Gasteiger partial charge in [-0.2, -0.15) is 0 Å². The minimum atomic E-state index is -0.726. The molecule has 11 nitrogen and oxygen atoms in total. The van der Waals surface area contributed by atoms with Gasteiger partial charge in [0.1, 0.15) is 30.2 Å². The Morgan fingerprint density at radius 3 is 2.58 bits per heavy atom. The smallest absolute Gasteiger partial charge is 0.224 e. The van der Waals surface area contributed by atoms with Crippen molar-refractivity contribution in [3.63, 3.8) is 0 Å². The number of fused-ring (bicyclic) bond motifs is 2. The molecule has 0 bridgehead atoms. The number of nitrogens with one attached hydrogen (secondary N) is 1. The molecule has 3 aromatic rings. The van der Waals surface area contributed by atoms with Crippen molar-refractivity contribution in [2.75, 3.05) is 32.4 Å². The number of rotatable bonds is 9. The van der Waals surface area contributed by atoms with Crippen molar-refractivity contribution in [3.05, 3.63) is 48.0 Å². The van der Waals surface area contributed by atoms with E-state index in [-0.39, 0.29) is 29.6 Å². The number of anilines is 1. The molecule has 40 heavy (non-hydrogen) atoms. The van der Waals surface area contributed by atoms with Crippen molar-refractivity contribution in [1.82, 2.24) is 29.7 Å². The molecule has 1 amide bonds. The SMILES string of the molecule is CN(CCCNC(=O)Cc1ccc(C(C)(C)C)cc1)C[C@H]1OC(n2cnc3c(N)ncnc32)[C@@H]2OC(C)(C)O[C@H]12. The third-order valence-electron chi connectivity index (χ3n) is 7.50. The highest BCUT2D eigenvalue weighted by Crippen LogP contribution is 2.44. The molecule has 216 valence electrons. The highest BCUT2D eigenvalue weighted by Gasteiger charge is 2.56. The quantitative estimate of drug-likeness (QED) is 0.386. The Balaban J connectivity index is 1.12. The van der Waals surface area contributed by atoms with Crippen LogP contribution in [0.4, 0.5) is 5.82 Å². The summed E-state index contributed by atoms with van der Waals surface area (Å²) in [6, 6.07) is 8.30. The van der Waals surface area contributed by atoms with Crippen LogP contribution in [0.25, 0.3) is 11.2 Å². The number of ether oxygens (including phenoxy) is 3. The van der Waals surface area contributed by atoms with Gasteiger partial charge in [-0.25, -0.2) is 15.0 Å². The fourth-order valence-corrected chi connectivity index (χ4v) is 5.43. The minimum absolute atomic E-state index is 0.0340. The highest BCUT2D eigenvalue weighted by atomic mass is 16.8. The maximum Gasteiger partial charge on any atom is 0.224 e. The van der Waals surface area contributed by atoms with E-state index >= 15 is 0 Å². The Labute approximate surface area is 235 Å². The number of nitrogens with zero attached hydrogens (tertiary/aromatic N) is 5. The number of aromatic nitrogens is 4. The molecule has 0 aliphatic carbocycles. The van der Waals surface area contributed by atoms with Gasteiger partial charge in [0.2, 0.25) is 5.91 Å². The van der Waals surface area contributed by atoms with Gasteiger partial charge < -0.3 is 30.2 Å². The maximum atomic E-state index is 12.5. The first-order valence-electron chi connectivity index (χ1n) is 13.9. The van der Waals surface area contributed by atoms with E-state index in [0.29, 0.717) is 36.5 Å². The van der Waals surface area contributed by atoms with Crippen LogP contribution >= 0.6 is 0 Å². The van der Waals surface area contributed by atoms with Crippen molar-refractivity contribution >= 4 is 22.9 Å². The van der Waals surface area contributed by atoms with Gasteiger partial charge in [-0.05, 0) is 50.4 Å². The van der Waals surface area contributed by atoms with Gasteiger partial charge in [0.05, 0.1) is 12.7 Å². The number of hydrogen-bond acceptors (Lipinski definition) is 9. The molecule has 11 heteroatoms. The summed E-state index contributed by atoms with van der Waals surface area (Å²) in [7, 11) is 2.05. The maximum absolute atomic E-state index is 12.5. The van der Waals surface area contributed by atoms with E-state index in [1.165, 1.54) is 11.9 Å². The summed E-state index contributed by atoms with van der Waals surface area (Å²) in [4.78, 5) is 27.5. The molecule has 4 heterocycles. The third kappa shape index (κ3) is 6.12. The summed E-state index contributed by atoms with van der Waals surface area (Å²) in [6.45, 7) is 12.4. The lowest BCUT2D eigenvalue weighted by atomic mass is 9.86. The molecule has 0 radical (unpaired) electrons. The zero-order valence-corrected chi connectivity index (χ0v) is 24.3. The topological polar surface area (TPSA) is 130 Å². The van der Waals surface area contributed by atoms with Gasteiger partial charge in [0, 0.05) is 13.1 Å². The second kappa shape index (κ2) is 11.0. The van der Waals surface area contributed by atoms with Crippen molar-refractivity contribution < 1.29 is 19.0 Å². The Morgan fingerprint density at radius 1 is 1.12 bits per heavy atom. The summed E-state index contributed by atoms with van der Waals surface area (Å²) in [5.41, 5.74) is 9.50. The third-order valence-corrected chi connectivity index (χ3v) is 7.50. The second-order valence-corrected chi connectivity index (χ2v) is 12.3. The number of imidazole rings is 1. The van der Waals surface area contributed by atoms with Crippen LogP contribution in [0.1, 0.15) is 58.4 Å². The molecule has 0 saturated carbocycles. The highest BCUT2D eigenvalue weighted by molar-refractivity contribution is 5.81. The summed E-state index contributed by atoms with van der Waals surface area (Å²) in [5, 5.41) is 3.05. The average Bonchev–Trinajstić information content (AvgIpc) is 3.54. The predicted octanol–water partition coefficient (Wildman–Crippen LogP) is 2.80. The van der Waals surface area contributed by atoms with Crippen LogP contribution < -0.4 is 11.1 Å². The zero-order valence-electron chi connectivity index (χ0n) is 24.3.